The fraction of sp³-hybridized carbons (Fsp3) is 0.647. The maximum atomic E-state index is 3.65. The third-order valence-corrected chi connectivity index (χ3v) is 3.54. The zero-order valence-electron chi connectivity index (χ0n) is 12.3. The summed E-state index contributed by atoms with van der Waals surface area (Å²) in [5.41, 5.74) is 2.75. The molecule has 0 saturated carbocycles. The molecule has 0 aliphatic rings. The number of aryl methyl sites for hydroxylation is 1. The first-order chi connectivity index (χ1) is 8.77. The highest BCUT2D eigenvalue weighted by Gasteiger charge is 2.04. The Balaban J connectivity index is 2.28. The van der Waals surface area contributed by atoms with Crippen molar-refractivity contribution < 1.29 is 0 Å². The molecule has 0 aliphatic heterocycles. The second kappa shape index (κ2) is 9.02. The smallest absolute Gasteiger partial charge is 0.0374 e. The highest BCUT2D eigenvalue weighted by atomic mass is 14.9. The number of para-hydroxylation sites is 1. The molecule has 0 aromatic heterocycles. The zero-order chi connectivity index (χ0) is 13.2. The van der Waals surface area contributed by atoms with E-state index >= 15 is 0 Å². The van der Waals surface area contributed by atoms with Crippen LogP contribution in [0.5, 0.6) is 0 Å². The Bertz CT molecular complexity index is 319. The van der Waals surface area contributed by atoms with Gasteiger partial charge in [0.05, 0.1) is 0 Å². The Hall–Kier alpha value is -0.980. The van der Waals surface area contributed by atoms with Crippen LogP contribution in [0.15, 0.2) is 24.3 Å². The van der Waals surface area contributed by atoms with Crippen molar-refractivity contribution in [1.29, 1.82) is 0 Å². The molecule has 1 aromatic rings. The molecule has 1 aromatic carbocycles. The van der Waals surface area contributed by atoms with E-state index in [0.717, 1.165) is 6.42 Å². The highest BCUT2D eigenvalue weighted by molar-refractivity contribution is 5.51. The lowest BCUT2D eigenvalue weighted by Gasteiger charge is -2.17. The van der Waals surface area contributed by atoms with Gasteiger partial charge in [-0.1, -0.05) is 64.2 Å². The van der Waals surface area contributed by atoms with Gasteiger partial charge >= 0.3 is 0 Å². The molecule has 0 aliphatic carbocycles. The third kappa shape index (κ3) is 5.57. The Morgan fingerprint density at radius 3 is 2.44 bits per heavy atom. The topological polar surface area (TPSA) is 12.0 Å². The molecular weight excluding hydrogens is 218 g/mol. The fourth-order valence-corrected chi connectivity index (χ4v) is 2.36. The first-order valence-corrected chi connectivity index (χ1v) is 7.62. The van der Waals surface area contributed by atoms with Crippen LogP contribution in [0.25, 0.3) is 0 Å². The predicted molar refractivity (Wildman–Crippen MR) is 82.3 cm³/mol. The van der Waals surface area contributed by atoms with Gasteiger partial charge in [0.15, 0.2) is 0 Å². The van der Waals surface area contributed by atoms with Crippen molar-refractivity contribution in [3.8, 4) is 0 Å². The van der Waals surface area contributed by atoms with Gasteiger partial charge in [0.1, 0.15) is 0 Å². The van der Waals surface area contributed by atoms with Crippen molar-refractivity contribution in [2.24, 2.45) is 0 Å². The van der Waals surface area contributed by atoms with Crippen LogP contribution in [0.3, 0.4) is 0 Å². The van der Waals surface area contributed by atoms with Crippen molar-refractivity contribution in [3.05, 3.63) is 29.8 Å². The van der Waals surface area contributed by atoms with E-state index < -0.39 is 0 Å². The minimum absolute atomic E-state index is 0.583. The lowest BCUT2D eigenvalue weighted by atomic mass is 10.1. The molecule has 0 heterocycles. The Labute approximate surface area is 113 Å². The van der Waals surface area contributed by atoms with Gasteiger partial charge in [-0.25, -0.2) is 0 Å². The second-order valence-corrected chi connectivity index (χ2v) is 5.26. The number of nitrogens with one attached hydrogen (secondary N) is 1. The molecule has 0 spiro atoms. The average Bonchev–Trinajstić information content (AvgIpc) is 2.39. The van der Waals surface area contributed by atoms with Gasteiger partial charge in [-0.2, -0.15) is 0 Å². The first kappa shape index (κ1) is 15.1. The molecule has 0 amide bonds. The summed E-state index contributed by atoms with van der Waals surface area (Å²) < 4.78 is 0. The molecule has 1 atom stereocenters. The van der Waals surface area contributed by atoms with E-state index in [1.807, 2.05) is 0 Å². The van der Waals surface area contributed by atoms with Crippen LogP contribution in [-0.2, 0) is 6.42 Å². The molecule has 1 N–H and O–H groups in total. The first-order valence-electron chi connectivity index (χ1n) is 7.62. The highest BCUT2D eigenvalue weighted by Crippen LogP contribution is 2.18. The maximum Gasteiger partial charge on any atom is 0.0374 e. The summed E-state index contributed by atoms with van der Waals surface area (Å²) in [7, 11) is 0. The van der Waals surface area contributed by atoms with Crippen molar-refractivity contribution in [3.63, 3.8) is 0 Å². The van der Waals surface area contributed by atoms with Crippen LogP contribution in [-0.4, -0.2) is 6.04 Å². The molecule has 0 saturated heterocycles. The van der Waals surface area contributed by atoms with Gasteiger partial charge in [0.25, 0.3) is 0 Å². The lowest BCUT2D eigenvalue weighted by Crippen LogP contribution is -2.15. The summed E-state index contributed by atoms with van der Waals surface area (Å²) in [6.07, 6.45) is 9.23. The Morgan fingerprint density at radius 1 is 1.00 bits per heavy atom. The quantitative estimate of drug-likeness (QED) is 0.575. The Kier molecular flexibility index (Phi) is 7.55. The molecular formula is C17H29N. The van der Waals surface area contributed by atoms with Gasteiger partial charge in [0, 0.05) is 11.7 Å². The second-order valence-electron chi connectivity index (χ2n) is 5.26. The van der Waals surface area contributed by atoms with Crippen LogP contribution in [0.1, 0.15) is 64.9 Å². The molecule has 102 valence electrons. The number of unbranched alkanes of at least 4 members (excludes halogenated alkanes) is 4. The SMILES string of the molecule is CCCCCCCC(C)Nc1ccccc1CC. The van der Waals surface area contributed by atoms with Gasteiger partial charge in [-0.3, -0.25) is 0 Å². The average molecular weight is 247 g/mol. The van der Waals surface area contributed by atoms with Crippen LogP contribution >= 0.6 is 0 Å². The third-order valence-electron chi connectivity index (χ3n) is 3.54. The molecule has 18 heavy (non-hydrogen) atoms. The van der Waals surface area contributed by atoms with Gasteiger partial charge < -0.3 is 5.32 Å². The van der Waals surface area contributed by atoms with Gasteiger partial charge in [-0.15, -0.1) is 0 Å². The molecule has 0 radical (unpaired) electrons. The van der Waals surface area contributed by atoms with E-state index in [9.17, 15) is 0 Å². The van der Waals surface area contributed by atoms with Crippen LogP contribution in [0.4, 0.5) is 5.69 Å². The van der Waals surface area contributed by atoms with E-state index in [1.165, 1.54) is 49.8 Å². The minimum atomic E-state index is 0.583. The molecule has 0 bridgehead atoms. The molecule has 1 rings (SSSR count). The number of anilines is 1. The number of benzene rings is 1. The van der Waals surface area contributed by atoms with Crippen molar-refractivity contribution in [2.45, 2.75) is 71.8 Å². The van der Waals surface area contributed by atoms with Crippen molar-refractivity contribution in [1.82, 2.24) is 0 Å². The summed E-state index contributed by atoms with van der Waals surface area (Å²) in [6.45, 7) is 6.79. The van der Waals surface area contributed by atoms with E-state index in [2.05, 4.69) is 50.4 Å². The van der Waals surface area contributed by atoms with Crippen molar-refractivity contribution >= 4 is 5.69 Å². The summed E-state index contributed by atoms with van der Waals surface area (Å²) in [4.78, 5) is 0. The van der Waals surface area contributed by atoms with Crippen LogP contribution in [0, 0.1) is 0 Å². The largest absolute Gasteiger partial charge is 0.382 e. The van der Waals surface area contributed by atoms with Crippen molar-refractivity contribution in [2.75, 3.05) is 5.32 Å². The summed E-state index contributed by atoms with van der Waals surface area (Å²) >= 11 is 0. The molecule has 0 fully saturated rings. The van der Waals surface area contributed by atoms with E-state index in [4.69, 9.17) is 0 Å². The fourth-order valence-electron chi connectivity index (χ4n) is 2.36. The number of hydrogen-bond donors (Lipinski definition) is 1. The van der Waals surface area contributed by atoms with E-state index in [-0.39, 0.29) is 0 Å². The van der Waals surface area contributed by atoms with Crippen LogP contribution in [0.2, 0.25) is 0 Å². The minimum Gasteiger partial charge on any atom is -0.382 e. The summed E-state index contributed by atoms with van der Waals surface area (Å²) in [5, 5.41) is 3.65. The summed E-state index contributed by atoms with van der Waals surface area (Å²) in [5.74, 6) is 0. The number of rotatable bonds is 9. The Morgan fingerprint density at radius 2 is 1.72 bits per heavy atom. The lowest BCUT2D eigenvalue weighted by molar-refractivity contribution is 0.578. The normalized spacial score (nSPS) is 12.4. The number of hydrogen-bond acceptors (Lipinski definition) is 1. The van der Waals surface area contributed by atoms with E-state index in [0.29, 0.717) is 6.04 Å². The maximum absolute atomic E-state index is 3.65. The molecule has 1 nitrogen and oxygen atoms in total. The summed E-state index contributed by atoms with van der Waals surface area (Å²) in [6, 6.07) is 9.25. The molecule has 1 unspecified atom stereocenters. The zero-order valence-corrected chi connectivity index (χ0v) is 12.3. The van der Waals surface area contributed by atoms with Crippen LogP contribution < -0.4 is 5.32 Å². The molecule has 1 heteroatoms. The standard InChI is InChI=1S/C17H29N/c1-4-6-7-8-9-12-15(3)18-17-14-11-10-13-16(17)5-2/h10-11,13-15,18H,4-9,12H2,1-3H3. The van der Waals surface area contributed by atoms with E-state index in [1.54, 1.807) is 0 Å². The van der Waals surface area contributed by atoms with Gasteiger partial charge in [-0.05, 0) is 31.4 Å². The predicted octanol–water partition coefficient (Wildman–Crippen LogP) is 5.41. The van der Waals surface area contributed by atoms with Gasteiger partial charge in [0.2, 0.25) is 0 Å². The monoisotopic (exact) mass is 247 g/mol.